The van der Waals surface area contributed by atoms with Crippen molar-refractivity contribution in [1.82, 2.24) is 9.78 Å². The molecule has 0 aliphatic carbocycles. The zero-order valence-corrected chi connectivity index (χ0v) is 11.2. The average molecular weight is 279 g/mol. The molecule has 1 aromatic carbocycles. The molecule has 0 radical (unpaired) electrons. The van der Waals surface area contributed by atoms with Gasteiger partial charge >= 0.3 is 0 Å². The highest BCUT2D eigenvalue weighted by Gasteiger charge is 2.05. The van der Waals surface area contributed by atoms with Gasteiger partial charge in [0.05, 0.1) is 18.4 Å². The fourth-order valence-electron chi connectivity index (χ4n) is 1.84. The SMILES string of the molecule is CC(C)Nc1cnn(Cc2cc(F)cc(F)c2)c(=O)c1. The van der Waals surface area contributed by atoms with Crippen molar-refractivity contribution in [3.8, 4) is 0 Å². The van der Waals surface area contributed by atoms with Crippen molar-refractivity contribution in [3.63, 3.8) is 0 Å². The van der Waals surface area contributed by atoms with Gasteiger partial charge in [0.25, 0.3) is 5.56 Å². The number of hydrogen-bond donors (Lipinski definition) is 1. The molecule has 0 saturated carbocycles. The first kappa shape index (κ1) is 14.2. The molecule has 0 aliphatic rings. The number of rotatable bonds is 4. The second-order valence-electron chi connectivity index (χ2n) is 4.82. The van der Waals surface area contributed by atoms with Crippen molar-refractivity contribution in [2.24, 2.45) is 0 Å². The van der Waals surface area contributed by atoms with Crippen LogP contribution in [0.5, 0.6) is 0 Å². The Balaban J connectivity index is 2.23. The van der Waals surface area contributed by atoms with E-state index in [-0.39, 0.29) is 18.1 Å². The zero-order valence-electron chi connectivity index (χ0n) is 11.2. The van der Waals surface area contributed by atoms with Gasteiger partial charge in [-0.3, -0.25) is 4.79 Å². The summed E-state index contributed by atoms with van der Waals surface area (Å²) in [6.45, 7) is 3.91. The molecule has 1 heterocycles. The lowest BCUT2D eigenvalue weighted by molar-refractivity contribution is 0.570. The minimum atomic E-state index is -0.675. The van der Waals surface area contributed by atoms with Gasteiger partial charge in [-0.15, -0.1) is 0 Å². The van der Waals surface area contributed by atoms with Crippen LogP contribution in [0.3, 0.4) is 0 Å². The number of nitrogens with one attached hydrogen (secondary N) is 1. The maximum absolute atomic E-state index is 13.1. The molecule has 0 fully saturated rings. The Bertz CT molecular complexity index is 647. The third kappa shape index (κ3) is 3.63. The Morgan fingerprint density at radius 1 is 1.20 bits per heavy atom. The van der Waals surface area contributed by atoms with Crippen LogP contribution in [0, 0.1) is 11.6 Å². The lowest BCUT2D eigenvalue weighted by Crippen LogP contribution is -2.24. The molecule has 0 unspecified atom stereocenters. The van der Waals surface area contributed by atoms with E-state index in [1.54, 1.807) is 0 Å². The summed E-state index contributed by atoms with van der Waals surface area (Å²) >= 11 is 0. The van der Waals surface area contributed by atoms with Gasteiger partial charge < -0.3 is 5.32 Å². The standard InChI is InChI=1S/C14H15F2N3O/c1-9(2)18-13-6-14(20)19(17-7-13)8-10-3-11(15)5-12(16)4-10/h3-7,9,18H,8H2,1-2H3. The van der Waals surface area contributed by atoms with E-state index < -0.39 is 11.6 Å². The maximum atomic E-state index is 13.1. The largest absolute Gasteiger partial charge is 0.381 e. The summed E-state index contributed by atoms with van der Waals surface area (Å²) in [4.78, 5) is 11.9. The van der Waals surface area contributed by atoms with E-state index in [2.05, 4.69) is 10.4 Å². The number of aromatic nitrogens is 2. The Morgan fingerprint density at radius 3 is 2.40 bits per heavy atom. The van der Waals surface area contributed by atoms with Crippen LogP contribution in [-0.2, 0) is 6.54 Å². The van der Waals surface area contributed by atoms with Crippen LogP contribution >= 0.6 is 0 Å². The molecule has 1 N–H and O–H groups in total. The monoisotopic (exact) mass is 279 g/mol. The van der Waals surface area contributed by atoms with Crippen molar-refractivity contribution < 1.29 is 8.78 Å². The molecule has 2 aromatic rings. The predicted molar refractivity (Wildman–Crippen MR) is 72.7 cm³/mol. The first-order valence-corrected chi connectivity index (χ1v) is 6.23. The van der Waals surface area contributed by atoms with Crippen LogP contribution in [0.4, 0.5) is 14.5 Å². The van der Waals surface area contributed by atoms with Gasteiger partial charge in [-0.05, 0) is 31.5 Å². The van der Waals surface area contributed by atoms with E-state index in [1.807, 2.05) is 13.8 Å². The number of halogens is 2. The van der Waals surface area contributed by atoms with Crippen molar-refractivity contribution in [2.45, 2.75) is 26.4 Å². The third-order valence-electron chi connectivity index (χ3n) is 2.58. The Morgan fingerprint density at radius 2 is 1.85 bits per heavy atom. The molecule has 0 saturated heterocycles. The molecule has 20 heavy (non-hydrogen) atoms. The van der Waals surface area contributed by atoms with Gasteiger partial charge in [0.1, 0.15) is 11.6 Å². The van der Waals surface area contributed by atoms with Gasteiger partial charge in [-0.25, -0.2) is 13.5 Å². The van der Waals surface area contributed by atoms with Crippen LogP contribution in [0.15, 0.2) is 35.3 Å². The minimum Gasteiger partial charge on any atom is -0.381 e. The van der Waals surface area contributed by atoms with Crippen molar-refractivity contribution in [2.75, 3.05) is 5.32 Å². The number of hydrogen-bond acceptors (Lipinski definition) is 3. The smallest absolute Gasteiger partial charge is 0.269 e. The average Bonchev–Trinajstić information content (AvgIpc) is 2.30. The second-order valence-corrected chi connectivity index (χ2v) is 4.82. The topological polar surface area (TPSA) is 46.9 Å². The molecule has 0 amide bonds. The lowest BCUT2D eigenvalue weighted by atomic mass is 10.2. The van der Waals surface area contributed by atoms with Crippen LogP contribution in [0.1, 0.15) is 19.4 Å². The Labute approximate surface area is 115 Å². The van der Waals surface area contributed by atoms with Gasteiger partial charge in [0, 0.05) is 18.2 Å². The molecule has 0 spiro atoms. The van der Waals surface area contributed by atoms with Crippen molar-refractivity contribution in [3.05, 3.63) is 58.0 Å². The van der Waals surface area contributed by atoms with E-state index >= 15 is 0 Å². The normalized spacial score (nSPS) is 10.8. The zero-order chi connectivity index (χ0) is 14.7. The third-order valence-corrected chi connectivity index (χ3v) is 2.58. The van der Waals surface area contributed by atoms with Crippen LogP contribution in [0.2, 0.25) is 0 Å². The molecule has 106 valence electrons. The van der Waals surface area contributed by atoms with Crippen LogP contribution in [0.25, 0.3) is 0 Å². The highest BCUT2D eigenvalue weighted by molar-refractivity contribution is 5.39. The molecular formula is C14H15F2N3O. The molecule has 2 rings (SSSR count). The fraction of sp³-hybridized carbons (Fsp3) is 0.286. The summed E-state index contributed by atoms with van der Waals surface area (Å²) in [7, 11) is 0. The first-order valence-electron chi connectivity index (χ1n) is 6.23. The molecule has 6 heteroatoms. The fourth-order valence-corrected chi connectivity index (χ4v) is 1.84. The maximum Gasteiger partial charge on any atom is 0.269 e. The molecule has 0 aliphatic heterocycles. The van der Waals surface area contributed by atoms with E-state index in [0.29, 0.717) is 11.3 Å². The Kier molecular flexibility index (Phi) is 4.12. The molecule has 4 nitrogen and oxygen atoms in total. The highest BCUT2D eigenvalue weighted by atomic mass is 19.1. The lowest BCUT2D eigenvalue weighted by Gasteiger charge is -2.10. The van der Waals surface area contributed by atoms with Gasteiger partial charge in [0.15, 0.2) is 0 Å². The van der Waals surface area contributed by atoms with Crippen LogP contribution in [-0.4, -0.2) is 15.8 Å². The summed E-state index contributed by atoms with van der Waals surface area (Å²) in [5.41, 5.74) is 0.633. The summed E-state index contributed by atoms with van der Waals surface area (Å²) in [5, 5.41) is 7.04. The first-order chi connectivity index (χ1) is 9.44. The van der Waals surface area contributed by atoms with Gasteiger partial charge in [-0.1, -0.05) is 0 Å². The number of benzene rings is 1. The minimum absolute atomic E-state index is 0.0233. The van der Waals surface area contributed by atoms with Gasteiger partial charge in [0.2, 0.25) is 0 Å². The molecular weight excluding hydrogens is 264 g/mol. The number of nitrogens with zero attached hydrogens (tertiary/aromatic N) is 2. The van der Waals surface area contributed by atoms with E-state index in [9.17, 15) is 13.6 Å². The van der Waals surface area contributed by atoms with E-state index in [4.69, 9.17) is 0 Å². The van der Waals surface area contributed by atoms with Gasteiger partial charge in [-0.2, -0.15) is 5.10 Å². The summed E-state index contributed by atoms with van der Waals surface area (Å²) in [5.74, 6) is -1.35. The van der Waals surface area contributed by atoms with Crippen LogP contribution < -0.4 is 10.9 Å². The second kappa shape index (κ2) is 5.81. The summed E-state index contributed by atoms with van der Waals surface area (Å²) < 4.78 is 27.3. The Hall–Kier alpha value is -2.24. The quantitative estimate of drug-likeness (QED) is 0.934. The van der Waals surface area contributed by atoms with Crippen molar-refractivity contribution in [1.29, 1.82) is 0 Å². The van der Waals surface area contributed by atoms with E-state index in [1.165, 1.54) is 24.4 Å². The molecule has 1 aromatic heterocycles. The van der Waals surface area contributed by atoms with E-state index in [0.717, 1.165) is 10.7 Å². The summed E-state index contributed by atoms with van der Waals surface area (Å²) in [6.07, 6.45) is 1.51. The summed E-state index contributed by atoms with van der Waals surface area (Å²) in [6, 6.07) is 4.73. The number of anilines is 1. The highest BCUT2D eigenvalue weighted by Crippen LogP contribution is 2.09. The molecule has 0 bridgehead atoms. The predicted octanol–water partition coefficient (Wildman–Crippen LogP) is 2.39. The molecule has 0 atom stereocenters. The van der Waals surface area contributed by atoms with Crippen molar-refractivity contribution >= 4 is 5.69 Å².